The van der Waals surface area contributed by atoms with Crippen LogP contribution in [0.1, 0.15) is 63.0 Å². The van der Waals surface area contributed by atoms with Crippen molar-refractivity contribution in [3.63, 3.8) is 0 Å². The number of nitrogens with one attached hydrogen (secondary N) is 1. The van der Waals surface area contributed by atoms with Gasteiger partial charge in [-0.1, -0.05) is 12.8 Å². The first-order chi connectivity index (χ1) is 8.85. The molecule has 4 nitrogen and oxygen atoms in total. The van der Waals surface area contributed by atoms with Crippen molar-refractivity contribution in [3.8, 4) is 0 Å². The number of H-pyrrole nitrogens is 1. The van der Waals surface area contributed by atoms with E-state index in [1.54, 1.807) is 0 Å². The molecule has 0 radical (unpaired) electrons. The van der Waals surface area contributed by atoms with Gasteiger partial charge in [0.05, 0.1) is 6.10 Å². The Morgan fingerprint density at radius 1 is 1.28 bits per heavy atom. The number of aromatic nitrogens is 3. The summed E-state index contributed by atoms with van der Waals surface area (Å²) in [5, 5.41) is 7.52. The first-order valence-corrected chi connectivity index (χ1v) is 7.38. The fourth-order valence-electron chi connectivity index (χ4n) is 3.25. The monoisotopic (exact) mass is 249 g/mol. The Labute approximate surface area is 109 Å². The van der Waals surface area contributed by atoms with Crippen molar-refractivity contribution in [2.75, 3.05) is 6.61 Å². The van der Waals surface area contributed by atoms with Crippen LogP contribution in [0.3, 0.4) is 0 Å². The lowest BCUT2D eigenvalue weighted by atomic mass is 9.80. The van der Waals surface area contributed by atoms with Gasteiger partial charge in [0, 0.05) is 18.9 Å². The van der Waals surface area contributed by atoms with E-state index in [9.17, 15) is 0 Å². The van der Waals surface area contributed by atoms with Gasteiger partial charge in [-0.05, 0) is 38.5 Å². The summed E-state index contributed by atoms with van der Waals surface area (Å²) in [6.45, 7) is 2.91. The highest BCUT2D eigenvalue weighted by atomic mass is 16.5. The van der Waals surface area contributed by atoms with Crippen molar-refractivity contribution in [2.45, 2.75) is 63.9 Å². The highest BCUT2D eigenvalue weighted by molar-refractivity contribution is 5.01. The second-order valence-corrected chi connectivity index (χ2v) is 5.74. The highest BCUT2D eigenvalue weighted by Gasteiger charge is 2.30. The molecule has 0 saturated heterocycles. The first kappa shape index (κ1) is 12.2. The second-order valence-electron chi connectivity index (χ2n) is 5.74. The predicted octanol–water partition coefficient (Wildman–Crippen LogP) is 2.82. The van der Waals surface area contributed by atoms with Crippen molar-refractivity contribution >= 4 is 0 Å². The first-order valence-electron chi connectivity index (χ1n) is 7.38. The molecule has 4 heteroatoms. The normalized spacial score (nSPS) is 28.5. The van der Waals surface area contributed by atoms with Crippen LogP contribution in [0.2, 0.25) is 0 Å². The summed E-state index contributed by atoms with van der Waals surface area (Å²) in [5.41, 5.74) is 0. The number of rotatable bonds is 5. The van der Waals surface area contributed by atoms with Crippen LogP contribution in [-0.4, -0.2) is 27.9 Å². The summed E-state index contributed by atoms with van der Waals surface area (Å²) < 4.78 is 5.59. The second kappa shape index (κ2) is 5.39. The number of hydrogen-bond donors (Lipinski definition) is 1. The molecule has 0 unspecified atom stereocenters. The average Bonchev–Trinajstić information content (AvgIpc) is 2.96. The Bertz CT molecular complexity index is 378. The number of nitrogens with zero attached hydrogens (tertiary/aromatic N) is 2. The molecule has 0 atom stereocenters. The maximum absolute atomic E-state index is 5.59. The van der Waals surface area contributed by atoms with Gasteiger partial charge < -0.3 is 4.74 Å². The fourth-order valence-corrected chi connectivity index (χ4v) is 3.25. The van der Waals surface area contributed by atoms with Crippen molar-refractivity contribution in [1.29, 1.82) is 0 Å². The number of hydrogen-bond acceptors (Lipinski definition) is 3. The van der Waals surface area contributed by atoms with Gasteiger partial charge in [-0.3, -0.25) is 5.10 Å². The molecule has 100 valence electrons. The SMILES string of the molecule is CCOC1CC(Cc2nc(C3CCCC3)n[nH]2)C1. The van der Waals surface area contributed by atoms with E-state index in [2.05, 4.69) is 22.1 Å². The fraction of sp³-hybridized carbons (Fsp3) is 0.857. The maximum atomic E-state index is 5.59. The van der Waals surface area contributed by atoms with Crippen LogP contribution >= 0.6 is 0 Å². The molecule has 1 N–H and O–H groups in total. The molecule has 0 amide bonds. The van der Waals surface area contributed by atoms with Gasteiger partial charge in [0.2, 0.25) is 0 Å². The van der Waals surface area contributed by atoms with Crippen molar-refractivity contribution in [2.24, 2.45) is 5.92 Å². The summed E-state index contributed by atoms with van der Waals surface area (Å²) in [6.07, 6.45) is 9.14. The van der Waals surface area contributed by atoms with Gasteiger partial charge in [-0.2, -0.15) is 5.10 Å². The van der Waals surface area contributed by atoms with Crippen LogP contribution in [-0.2, 0) is 11.2 Å². The van der Waals surface area contributed by atoms with Crippen molar-refractivity contribution < 1.29 is 4.74 Å². The largest absolute Gasteiger partial charge is 0.378 e. The predicted molar refractivity (Wildman–Crippen MR) is 69.4 cm³/mol. The molecule has 2 fully saturated rings. The van der Waals surface area contributed by atoms with E-state index in [1.165, 1.54) is 38.5 Å². The topological polar surface area (TPSA) is 50.8 Å². The minimum atomic E-state index is 0.497. The summed E-state index contributed by atoms with van der Waals surface area (Å²) in [6, 6.07) is 0. The molecule has 1 heterocycles. The van der Waals surface area contributed by atoms with Gasteiger partial charge in [0.15, 0.2) is 5.82 Å². The van der Waals surface area contributed by atoms with Gasteiger partial charge in [0.1, 0.15) is 5.82 Å². The Morgan fingerprint density at radius 2 is 2.06 bits per heavy atom. The third-order valence-corrected chi connectivity index (χ3v) is 4.35. The minimum Gasteiger partial charge on any atom is -0.378 e. The Balaban J connectivity index is 1.49. The molecule has 0 bridgehead atoms. The zero-order chi connectivity index (χ0) is 12.4. The Morgan fingerprint density at radius 3 is 2.78 bits per heavy atom. The Hall–Kier alpha value is -0.900. The highest BCUT2D eigenvalue weighted by Crippen LogP contribution is 2.34. The molecule has 1 aromatic rings. The molecule has 18 heavy (non-hydrogen) atoms. The van der Waals surface area contributed by atoms with Crippen LogP contribution in [0.4, 0.5) is 0 Å². The average molecular weight is 249 g/mol. The Kier molecular flexibility index (Phi) is 3.64. The zero-order valence-electron chi connectivity index (χ0n) is 11.2. The molecule has 3 rings (SSSR count). The molecule has 0 spiro atoms. The summed E-state index contributed by atoms with van der Waals surface area (Å²) in [7, 11) is 0. The van der Waals surface area contributed by atoms with Crippen LogP contribution in [0.25, 0.3) is 0 Å². The molecule has 2 saturated carbocycles. The van der Waals surface area contributed by atoms with Crippen molar-refractivity contribution in [1.82, 2.24) is 15.2 Å². The summed E-state index contributed by atoms with van der Waals surface area (Å²) in [4.78, 5) is 4.68. The van der Waals surface area contributed by atoms with Gasteiger partial charge in [-0.15, -0.1) is 0 Å². The van der Waals surface area contributed by atoms with E-state index in [1.807, 2.05) is 0 Å². The summed E-state index contributed by atoms with van der Waals surface area (Å²) in [5.74, 6) is 3.50. The third-order valence-electron chi connectivity index (χ3n) is 4.35. The van der Waals surface area contributed by atoms with E-state index >= 15 is 0 Å². The van der Waals surface area contributed by atoms with Gasteiger partial charge >= 0.3 is 0 Å². The molecule has 1 aromatic heterocycles. The van der Waals surface area contributed by atoms with E-state index < -0.39 is 0 Å². The van der Waals surface area contributed by atoms with Crippen LogP contribution in [0.15, 0.2) is 0 Å². The van der Waals surface area contributed by atoms with Crippen molar-refractivity contribution in [3.05, 3.63) is 11.6 Å². The third kappa shape index (κ3) is 2.58. The molecule has 2 aliphatic carbocycles. The van der Waals surface area contributed by atoms with Crippen LogP contribution in [0.5, 0.6) is 0 Å². The standard InChI is InChI=1S/C14H23N3O/c1-2-18-12-7-10(8-12)9-13-15-14(17-16-13)11-5-3-4-6-11/h10-12H,2-9H2,1H3,(H,15,16,17). The van der Waals surface area contributed by atoms with E-state index in [0.29, 0.717) is 12.0 Å². The number of ether oxygens (including phenoxy) is 1. The maximum Gasteiger partial charge on any atom is 0.153 e. The smallest absolute Gasteiger partial charge is 0.153 e. The molecule has 0 aromatic carbocycles. The lowest BCUT2D eigenvalue weighted by Gasteiger charge is -2.34. The van der Waals surface area contributed by atoms with Crippen LogP contribution < -0.4 is 0 Å². The molecule has 0 aliphatic heterocycles. The quantitative estimate of drug-likeness (QED) is 0.873. The lowest BCUT2D eigenvalue weighted by Crippen LogP contribution is -2.32. The van der Waals surface area contributed by atoms with Gasteiger partial charge in [-0.25, -0.2) is 4.98 Å². The number of aromatic amines is 1. The molecular weight excluding hydrogens is 226 g/mol. The summed E-state index contributed by atoms with van der Waals surface area (Å²) >= 11 is 0. The zero-order valence-corrected chi connectivity index (χ0v) is 11.2. The van der Waals surface area contributed by atoms with Crippen LogP contribution in [0, 0.1) is 5.92 Å². The lowest BCUT2D eigenvalue weighted by molar-refractivity contribution is -0.0245. The van der Waals surface area contributed by atoms with E-state index in [4.69, 9.17) is 4.74 Å². The van der Waals surface area contributed by atoms with E-state index in [-0.39, 0.29) is 0 Å². The minimum absolute atomic E-state index is 0.497. The molecule has 2 aliphatic rings. The van der Waals surface area contributed by atoms with E-state index in [0.717, 1.165) is 30.6 Å². The molecular formula is C14H23N3O. The van der Waals surface area contributed by atoms with Gasteiger partial charge in [0.25, 0.3) is 0 Å².